The van der Waals surface area contributed by atoms with Crippen molar-refractivity contribution in [3.05, 3.63) is 11.6 Å². The predicted molar refractivity (Wildman–Crippen MR) is 127 cm³/mol. The molecule has 3 atom stereocenters. The number of carbonyl (C=O) groups is 4. The zero-order chi connectivity index (χ0) is 25.9. The Morgan fingerprint density at radius 1 is 1.06 bits per heavy atom. The van der Waals surface area contributed by atoms with Crippen LogP contribution in [0.5, 0.6) is 0 Å². The summed E-state index contributed by atoms with van der Waals surface area (Å²) in [4.78, 5) is 51.3. The molecule has 0 aliphatic carbocycles. The van der Waals surface area contributed by atoms with E-state index in [2.05, 4.69) is 5.32 Å². The number of nitrogens with one attached hydrogen (secondary N) is 1. The predicted octanol–water partition coefficient (Wildman–Crippen LogP) is 2.18. The SMILES string of the molecule is CCOC(=O)CC[C@@H](NC(=O)/C(C)=C/[C@H](C(C)C)N(C)C(=O)[C@@H](N)C(C)(C)C)C(=O)OCC. The summed E-state index contributed by atoms with van der Waals surface area (Å²) in [5.41, 5.74) is 6.08. The maximum atomic E-state index is 12.9. The zero-order valence-corrected chi connectivity index (χ0v) is 21.7. The molecule has 0 heterocycles. The van der Waals surface area contributed by atoms with Crippen LogP contribution < -0.4 is 11.1 Å². The van der Waals surface area contributed by atoms with Crippen molar-refractivity contribution in [1.29, 1.82) is 0 Å². The maximum Gasteiger partial charge on any atom is 0.328 e. The summed E-state index contributed by atoms with van der Waals surface area (Å²) in [5, 5.41) is 2.64. The highest BCUT2D eigenvalue weighted by Crippen LogP contribution is 2.22. The summed E-state index contributed by atoms with van der Waals surface area (Å²) in [6.45, 7) is 14.9. The first-order chi connectivity index (χ1) is 15.2. The molecule has 33 heavy (non-hydrogen) atoms. The van der Waals surface area contributed by atoms with Gasteiger partial charge in [0.25, 0.3) is 0 Å². The van der Waals surface area contributed by atoms with E-state index < -0.39 is 35.3 Å². The molecule has 0 saturated heterocycles. The first-order valence-corrected chi connectivity index (χ1v) is 11.5. The average molecular weight is 470 g/mol. The van der Waals surface area contributed by atoms with Gasteiger partial charge in [-0.3, -0.25) is 14.4 Å². The quantitative estimate of drug-likeness (QED) is 0.331. The minimum atomic E-state index is -0.989. The fraction of sp³-hybridized carbons (Fsp3) is 0.750. The van der Waals surface area contributed by atoms with E-state index in [1.807, 2.05) is 34.6 Å². The molecular weight excluding hydrogens is 426 g/mol. The molecule has 3 N–H and O–H groups in total. The number of hydrogen-bond acceptors (Lipinski definition) is 7. The molecule has 0 aromatic carbocycles. The highest BCUT2D eigenvalue weighted by Gasteiger charge is 2.33. The minimum absolute atomic E-state index is 0.0125. The van der Waals surface area contributed by atoms with Crippen molar-refractivity contribution in [3.8, 4) is 0 Å². The topological polar surface area (TPSA) is 128 Å². The van der Waals surface area contributed by atoms with Crippen molar-refractivity contribution < 1.29 is 28.7 Å². The number of amides is 2. The number of hydrogen-bond donors (Lipinski definition) is 2. The molecule has 0 unspecified atom stereocenters. The first kappa shape index (κ1) is 30.6. The van der Waals surface area contributed by atoms with Crippen LogP contribution in [0.1, 0.15) is 68.2 Å². The lowest BCUT2D eigenvalue weighted by Gasteiger charge is -2.35. The van der Waals surface area contributed by atoms with E-state index in [9.17, 15) is 19.2 Å². The fourth-order valence-corrected chi connectivity index (χ4v) is 3.08. The molecule has 9 heteroatoms. The second kappa shape index (κ2) is 14.0. The van der Waals surface area contributed by atoms with Crippen LogP contribution >= 0.6 is 0 Å². The lowest BCUT2D eigenvalue weighted by molar-refractivity contribution is -0.148. The second-order valence-corrected chi connectivity index (χ2v) is 9.50. The fourth-order valence-electron chi connectivity index (χ4n) is 3.08. The standard InChI is InChI=1S/C24H43N3O6/c1-10-32-19(28)13-12-17(23(31)33-11-2)26-21(29)16(5)14-18(15(3)4)27(9)22(30)20(25)24(6,7)8/h14-15,17-18,20H,10-13,25H2,1-9H3,(H,26,29)/b16-14+/t17-,18-,20-/m1/s1. The van der Waals surface area contributed by atoms with Crippen LogP contribution in [0.25, 0.3) is 0 Å². The number of rotatable bonds is 12. The van der Waals surface area contributed by atoms with Crippen molar-refractivity contribution in [3.63, 3.8) is 0 Å². The third-order valence-corrected chi connectivity index (χ3v) is 5.27. The van der Waals surface area contributed by atoms with Crippen molar-refractivity contribution >= 4 is 23.8 Å². The number of carbonyl (C=O) groups excluding carboxylic acids is 4. The molecule has 0 spiro atoms. The van der Waals surface area contributed by atoms with Crippen molar-refractivity contribution in [1.82, 2.24) is 10.2 Å². The molecule has 0 fully saturated rings. The van der Waals surface area contributed by atoms with Crippen LogP contribution in [-0.2, 0) is 28.7 Å². The Bertz CT molecular complexity index is 711. The van der Waals surface area contributed by atoms with Crippen LogP contribution in [0.4, 0.5) is 0 Å². The van der Waals surface area contributed by atoms with Crippen molar-refractivity contribution in [2.45, 2.75) is 86.4 Å². The monoisotopic (exact) mass is 469 g/mol. The normalized spacial score (nSPS) is 14.8. The summed E-state index contributed by atoms with van der Waals surface area (Å²) in [6, 6.07) is -2.06. The van der Waals surface area contributed by atoms with Crippen LogP contribution in [0.15, 0.2) is 11.6 Å². The summed E-state index contributed by atoms with van der Waals surface area (Å²) in [7, 11) is 1.67. The van der Waals surface area contributed by atoms with E-state index in [4.69, 9.17) is 15.2 Å². The van der Waals surface area contributed by atoms with E-state index in [1.165, 1.54) is 0 Å². The third-order valence-electron chi connectivity index (χ3n) is 5.27. The molecule has 9 nitrogen and oxygen atoms in total. The Kier molecular flexibility index (Phi) is 13.0. The van der Waals surface area contributed by atoms with Gasteiger partial charge in [-0.2, -0.15) is 0 Å². The largest absolute Gasteiger partial charge is 0.466 e. The number of likely N-dealkylation sites (N-methyl/N-ethyl adjacent to an activating group) is 1. The van der Waals surface area contributed by atoms with Crippen LogP contribution in [0, 0.1) is 11.3 Å². The molecule has 0 saturated carbocycles. The van der Waals surface area contributed by atoms with Crippen molar-refractivity contribution in [2.24, 2.45) is 17.1 Å². The van der Waals surface area contributed by atoms with Gasteiger partial charge >= 0.3 is 11.9 Å². The van der Waals surface area contributed by atoms with E-state index in [0.717, 1.165) is 0 Å². The van der Waals surface area contributed by atoms with E-state index in [1.54, 1.807) is 38.8 Å². The lowest BCUT2D eigenvalue weighted by Crippen LogP contribution is -2.52. The van der Waals surface area contributed by atoms with Crippen LogP contribution in [0.2, 0.25) is 0 Å². The second-order valence-electron chi connectivity index (χ2n) is 9.50. The zero-order valence-electron chi connectivity index (χ0n) is 21.7. The summed E-state index contributed by atoms with van der Waals surface area (Å²) < 4.78 is 9.92. The van der Waals surface area contributed by atoms with E-state index in [0.29, 0.717) is 5.57 Å². The van der Waals surface area contributed by atoms with E-state index in [-0.39, 0.29) is 43.9 Å². The van der Waals surface area contributed by atoms with Gasteiger partial charge in [0.05, 0.1) is 25.3 Å². The average Bonchev–Trinajstić information content (AvgIpc) is 2.72. The maximum absolute atomic E-state index is 12.9. The van der Waals surface area contributed by atoms with Crippen LogP contribution in [-0.4, -0.2) is 67.0 Å². The molecule has 0 rings (SSSR count). The van der Waals surface area contributed by atoms with Gasteiger partial charge in [-0.1, -0.05) is 40.7 Å². The van der Waals surface area contributed by atoms with Gasteiger partial charge in [-0.15, -0.1) is 0 Å². The first-order valence-electron chi connectivity index (χ1n) is 11.5. The number of nitrogens with zero attached hydrogens (tertiary/aromatic N) is 1. The third kappa shape index (κ3) is 10.4. The van der Waals surface area contributed by atoms with Gasteiger partial charge < -0.3 is 25.4 Å². The molecule has 0 bridgehead atoms. The molecular formula is C24H43N3O6. The van der Waals surface area contributed by atoms with E-state index >= 15 is 0 Å². The molecule has 2 amide bonds. The Hall–Kier alpha value is -2.42. The van der Waals surface area contributed by atoms with Gasteiger partial charge in [-0.05, 0) is 38.5 Å². The molecule has 0 radical (unpaired) electrons. The van der Waals surface area contributed by atoms with Crippen LogP contribution in [0.3, 0.4) is 0 Å². The highest BCUT2D eigenvalue weighted by atomic mass is 16.5. The summed E-state index contributed by atoms with van der Waals surface area (Å²) in [5.74, 6) is -1.76. The van der Waals surface area contributed by atoms with Crippen molar-refractivity contribution in [2.75, 3.05) is 20.3 Å². The molecule has 0 aliphatic rings. The Balaban J connectivity index is 5.56. The van der Waals surface area contributed by atoms with Gasteiger partial charge in [0.2, 0.25) is 11.8 Å². The van der Waals surface area contributed by atoms with Gasteiger partial charge in [-0.25, -0.2) is 4.79 Å². The number of nitrogens with two attached hydrogens (primary N) is 1. The van der Waals surface area contributed by atoms with Gasteiger partial charge in [0, 0.05) is 19.0 Å². The number of ether oxygens (including phenoxy) is 2. The van der Waals surface area contributed by atoms with Gasteiger partial charge in [0.15, 0.2) is 0 Å². The highest BCUT2D eigenvalue weighted by molar-refractivity contribution is 5.96. The number of esters is 2. The Morgan fingerprint density at radius 2 is 1.61 bits per heavy atom. The minimum Gasteiger partial charge on any atom is -0.466 e. The molecule has 0 aliphatic heterocycles. The Morgan fingerprint density at radius 3 is 2.06 bits per heavy atom. The lowest BCUT2D eigenvalue weighted by atomic mass is 9.86. The smallest absolute Gasteiger partial charge is 0.328 e. The van der Waals surface area contributed by atoms with Gasteiger partial charge in [0.1, 0.15) is 6.04 Å². The summed E-state index contributed by atoms with van der Waals surface area (Å²) in [6.07, 6.45) is 1.72. The summed E-state index contributed by atoms with van der Waals surface area (Å²) >= 11 is 0. The Labute approximate surface area is 198 Å². The molecule has 0 aromatic heterocycles. The molecule has 0 aromatic rings. The molecule has 190 valence electrons.